The molecule has 0 saturated carbocycles. The first-order valence-corrected chi connectivity index (χ1v) is 12.1. The van der Waals surface area contributed by atoms with E-state index in [9.17, 15) is 10.2 Å². The first-order chi connectivity index (χ1) is 14.2. The molecular formula is C24H46O5. The minimum atomic E-state index is -1.06. The summed E-state index contributed by atoms with van der Waals surface area (Å²) >= 11 is 0. The molecule has 0 spiro atoms. The fourth-order valence-electron chi connectivity index (χ4n) is 3.79. The Morgan fingerprint density at radius 3 is 2.03 bits per heavy atom. The van der Waals surface area contributed by atoms with E-state index in [2.05, 4.69) is 19.1 Å². The Bertz CT molecular complexity index is 387. The number of rotatable bonds is 19. The molecule has 0 unspecified atom stereocenters. The van der Waals surface area contributed by atoms with Gasteiger partial charge in [0.05, 0.1) is 13.2 Å². The van der Waals surface area contributed by atoms with Gasteiger partial charge in [-0.15, -0.1) is 0 Å². The number of aliphatic hydroxyl groups excluding tert-OH is 3. The van der Waals surface area contributed by atoms with Gasteiger partial charge < -0.3 is 24.8 Å². The lowest BCUT2D eigenvalue weighted by Crippen LogP contribution is -2.41. The van der Waals surface area contributed by atoms with Crippen LogP contribution in [0.25, 0.3) is 0 Å². The summed E-state index contributed by atoms with van der Waals surface area (Å²) in [5.41, 5.74) is 0. The van der Waals surface area contributed by atoms with Crippen molar-refractivity contribution in [2.45, 2.75) is 121 Å². The standard InChI is InChI=1S/C24H46O5/c1-2-3-4-5-6-7-8-9-10-11-12-13-14-15-16-17-18-28-22-20-29-24(23(22)27)21(26)19-25/h13-14,21-27H,2-12,15-20H2,1H3/b14-13+/t21-,22+,23-,24-/m1/s1. The molecule has 0 aromatic carbocycles. The first-order valence-electron chi connectivity index (χ1n) is 12.1. The summed E-state index contributed by atoms with van der Waals surface area (Å²) < 4.78 is 11.0. The van der Waals surface area contributed by atoms with Crippen LogP contribution in [0, 0.1) is 0 Å². The zero-order valence-corrected chi connectivity index (χ0v) is 18.6. The van der Waals surface area contributed by atoms with Crippen molar-refractivity contribution in [3.05, 3.63) is 12.2 Å². The fourth-order valence-corrected chi connectivity index (χ4v) is 3.79. The lowest BCUT2D eigenvalue weighted by atomic mass is 10.1. The molecule has 0 radical (unpaired) electrons. The molecule has 0 aromatic heterocycles. The van der Waals surface area contributed by atoms with Crippen molar-refractivity contribution >= 4 is 0 Å². The van der Waals surface area contributed by atoms with E-state index in [1.165, 1.54) is 70.6 Å². The van der Waals surface area contributed by atoms with Gasteiger partial charge in [-0.2, -0.15) is 0 Å². The SMILES string of the molecule is CCCCCCCCCCCC/C=C/CCCCO[C@H]1CO[C@H]([C@H](O)CO)[C@@H]1O. The van der Waals surface area contributed by atoms with Crippen LogP contribution in [0.1, 0.15) is 96.8 Å². The third-order valence-electron chi connectivity index (χ3n) is 5.72. The van der Waals surface area contributed by atoms with E-state index in [0.29, 0.717) is 6.61 Å². The minimum absolute atomic E-state index is 0.266. The van der Waals surface area contributed by atoms with Crippen molar-refractivity contribution in [1.29, 1.82) is 0 Å². The summed E-state index contributed by atoms with van der Waals surface area (Å²) in [7, 11) is 0. The summed E-state index contributed by atoms with van der Waals surface area (Å²) in [4.78, 5) is 0. The molecule has 5 nitrogen and oxygen atoms in total. The van der Waals surface area contributed by atoms with Gasteiger partial charge >= 0.3 is 0 Å². The molecule has 172 valence electrons. The van der Waals surface area contributed by atoms with Crippen molar-refractivity contribution < 1.29 is 24.8 Å². The van der Waals surface area contributed by atoms with Gasteiger partial charge in [-0.3, -0.25) is 0 Å². The molecule has 3 N–H and O–H groups in total. The largest absolute Gasteiger partial charge is 0.394 e. The van der Waals surface area contributed by atoms with Gasteiger partial charge in [0.2, 0.25) is 0 Å². The average molecular weight is 415 g/mol. The molecule has 0 aliphatic carbocycles. The summed E-state index contributed by atoms with van der Waals surface area (Å²) in [5, 5.41) is 28.6. The third kappa shape index (κ3) is 12.7. The van der Waals surface area contributed by atoms with Crippen molar-refractivity contribution in [1.82, 2.24) is 0 Å². The van der Waals surface area contributed by atoms with E-state index in [0.717, 1.165) is 19.3 Å². The molecular weight excluding hydrogens is 368 g/mol. The van der Waals surface area contributed by atoms with Crippen molar-refractivity contribution in [3.63, 3.8) is 0 Å². The molecule has 1 fully saturated rings. The second-order valence-corrected chi connectivity index (χ2v) is 8.39. The highest BCUT2D eigenvalue weighted by molar-refractivity contribution is 4.88. The Balaban J connectivity index is 1.84. The van der Waals surface area contributed by atoms with Crippen molar-refractivity contribution in [2.75, 3.05) is 19.8 Å². The fraction of sp³-hybridized carbons (Fsp3) is 0.917. The van der Waals surface area contributed by atoms with Crippen LogP contribution in [0.2, 0.25) is 0 Å². The van der Waals surface area contributed by atoms with E-state index in [1.54, 1.807) is 0 Å². The Morgan fingerprint density at radius 1 is 0.897 bits per heavy atom. The van der Waals surface area contributed by atoms with E-state index in [1.807, 2.05) is 0 Å². The number of ether oxygens (including phenoxy) is 2. The lowest BCUT2D eigenvalue weighted by Gasteiger charge is -2.20. The number of hydrogen-bond acceptors (Lipinski definition) is 5. The van der Waals surface area contributed by atoms with E-state index >= 15 is 0 Å². The molecule has 29 heavy (non-hydrogen) atoms. The van der Waals surface area contributed by atoms with Crippen molar-refractivity contribution in [2.24, 2.45) is 0 Å². The predicted octanol–water partition coefficient (Wildman–Crippen LogP) is 4.52. The molecule has 1 saturated heterocycles. The third-order valence-corrected chi connectivity index (χ3v) is 5.72. The molecule has 4 atom stereocenters. The highest BCUT2D eigenvalue weighted by Gasteiger charge is 2.40. The zero-order valence-electron chi connectivity index (χ0n) is 18.6. The lowest BCUT2D eigenvalue weighted by molar-refractivity contribution is -0.0730. The molecule has 5 heteroatoms. The molecule has 0 aromatic rings. The summed E-state index contributed by atoms with van der Waals surface area (Å²) in [6.07, 6.45) is 19.6. The number of hydrogen-bond donors (Lipinski definition) is 3. The van der Waals surface area contributed by atoms with Gasteiger partial charge in [0.1, 0.15) is 24.4 Å². The van der Waals surface area contributed by atoms with Crippen LogP contribution in [0.3, 0.4) is 0 Å². The van der Waals surface area contributed by atoms with Gasteiger partial charge in [0.25, 0.3) is 0 Å². The van der Waals surface area contributed by atoms with Crippen LogP contribution in [0.4, 0.5) is 0 Å². The second-order valence-electron chi connectivity index (χ2n) is 8.39. The normalized spacial score (nSPS) is 23.2. The highest BCUT2D eigenvalue weighted by Crippen LogP contribution is 2.20. The Labute approximate surface area is 178 Å². The van der Waals surface area contributed by atoms with Crippen LogP contribution >= 0.6 is 0 Å². The molecule has 0 bridgehead atoms. The topological polar surface area (TPSA) is 79.2 Å². The maximum atomic E-state index is 10.1. The summed E-state index contributed by atoms with van der Waals surface area (Å²) in [6, 6.07) is 0. The quantitative estimate of drug-likeness (QED) is 0.214. The maximum Gasteiger partial charge on any atom is 0.114 e. The summed E-state index contributed by atoms with van der Waals surface area (Å²) in [5.74, 6) is 0. The van der Waals surface area contributed by atoms with E-state index < -0.39 is 31.0 Å². The monoisotopic (exact) mass is 414 g/mol. The van der Waals surface area contributed by atoms with Crippen LogP contribution in [0.15, 0.2) is 12.2 Å². The first kappa shape index (κ1) is 26.6. The van der Waals surface area contributed by atoms with Crippen LogP contribution in [-0.4, -0.2) is 59.6 Å². The average Bonchev–Trinajstić information content (AvgIpc) is 3.10. The number of allylic oxidation sites excluding steroid dienone is 2. The minimum Gasteiger partial charge on any atom is -0.394 e. The van der Waals surface area contributed by atoms with Crippen LogP contribution in [0.5, 0.6) is 0 Å². The summed E-state index contributed by atoms with van der Waals surface area (Å²) in [6.45, 7) is 2.70. The highest BCUT2D eigenvalue weighted by atomic mass is 16.6. The second kappa shape index (κ2) is 18.3. The molecule has 1 heterocycles. The Morgan fingerprint density at radius 2 is 1.45 bits per heavy atom. The number of unbranched alkanes of at least 4 members (excludes halogenated alkanes) is 12. The van der Waals surface area contributed by atoms with E-state index in [-0.39, 0.29) is 6.61 Å². The van der Waals surface area contributed by atoms with Gasteiger partial charge in [-0.05, 0) is 32.1 Å². The molecule has 1 aliphatic heterocycles. The molecule has 0 amide bonds. The van der Waals surface area contributed by atoms with Crippen LogP contribution in [-0.2, 0) is 9.47 Å². The van der Waals surface area contributed by atoms with Gasteiger partial charge in [-0.1, -0.05) is 76.9 Å². The van der Waals surface area contributed by atoms with Crippen molar-refractivity contribution in [3.8, 4) is 0 Å². The maximum absolute atomic E-state index is 10.1. The molecule has 1 aliphatic rings. The number of aliphatic hydroxyl groups is 3. The van der Waals surface area contributed by atoms with E-state index in [4.69, 9.17) is 14.6 Å². The van der Waals surface area contributed by atoms with Crippen LogP contribution < -0.4 is 0 Å². The van der Waals surface area contributed by atoms with Gasteiger partial charge in [0.15, 0.2) is 0 Å². The smallest absolute Gasteiger partial charge is 0.114 e. The van der Waals surface area contributed by atoms with Gasteiger partial charge in [-0.25, -0.2) is 0 Å². The zero-order chi connectivity index (χ0) is 21.2. The van der Waals surface area contributed by atoms with Gasteiger partial charge in [0, 0.05) is 6.61 Å². The predicted molar refractivity (Wildman–Crippen MR) is 118 cm³/mol. The Kier molecular flexibility index (Phi) is 16.8. The molecule has 1 rings (SSSR count). The Hall–Kier alpha value is -0.460.